The molecule has 2 heterocycles. The Labute approximate surface area is 192 Å². The van der Waals surface area contributed by atoms with Gasteiger partial charge in [0.05, 0.1) is 35.5 Å². The second-order valence-electron chi connectivity index (χ2n) is 7.78. The van der Waals surface area contributed by atoms with E-state index in [0.717, 1.165) is 5.56 Å². The maximum Gasteiger partial charge on any atom is 0.415 e. The van der Waals surface area contributed by atoms with Crippen LogP contribution >= 0.6 is 12.2 Å². The molecule has 1 fully saturated rings. The van der Waals surface area contributed by atoms with Gasteiger partial charge in [-0.1, -0.05) is 42.5 Å². The summed E-state index contributed by atoms with van der Waals surface area (Å²) in [5.41, 5.74) is 2.16. The molecule has 2 amide bonds. The van der Waals surface area contributed by atoms with Gasteiger partial charge in [0.15, 0.2) is 0 Å². The summed E-state index contributed by atoms with van der Waals surface area (Å²) in [6, 6.07) is 14.6. The van der Waals surface area contributed by atoms with Crippen molar-refractivity contribution in [3.63, 3.8) is 0 Å². The molecule has 9 heteroatoms. The van der Waals surface area contributed by atoms with Crippen LogP contribution in [0, 0.1) is 0 Å². The normalized spacial score (nSPS) is 19.6. The molecule has 0 spiro atoms. The molecule has 2 aromatic rings. The summed E-state index contributed by atoms with van der Waals surface area (Å²) >= 11 is 5.01. The predicted octanol–water partition coefficient (Wildman–Crippen LogP) is 3.87. The Hall–Kier alpha value is -3.33. The summed E-state index contributed by atoms with van der Waals surface area (Å²) in [6.07, 6.45) is -1.18. The maximum absolute atomic E-state index is 12.9. The fourth-order valence-corrected chi connectivity index (χ4v) is 3.75. The second kappa shape index (κ2) is 9.44. The standard InChI is InChI=1S/C23H25N3O5S/c1-15-13-29-21-10-18(25-12-19(31-22(25)27)11-24-16(2)32)8-9-20(21)26(15)23(28)30-14-17-6-4-3-5-7-17/h3-10,15,19H,11-14H2,1-2H3,(H,24,32)/t15-,19+/m1/s1. The van der Waals surface area contributed by atoms with Gasteiger partial charge in [0, 0.05) is 6.07 Å². The van der Waals surface area contributed by atoms with E-state index in [9.17, 15) is 9.59 Å². The molecule has 0 unspecified atom stereocenters. The minimum Gasteiger partial charge on any atom is -0.489 e. The third-order valence-electron chi connectivity index (χ3n) is 5.29. The van der Waals surface area contributed by atoms with Gasteiger partial charge >= 0.3 is 12.2 Å². The SMILES string of the molecule is CC(=S)NC[C@H]1CN(c2ccc3c(c2)OC[C@@H](C)N3C(=O)OCc2ccccc2)C(=O)O1. The van der Waals surface area contributed by atoms with E-state index >= 15 is 0 Å². The monoisotopic (exact) mass is 455 g/mol. The van der Waals surface area contributed by atoms with Gasteiger partial charge in [-0.25, -0.2) is 9.59 Å². The molecular formula is C23H25N3O5S. The van der Waals surface area contributed by atoms with Crippen LogP contribution < -0.4 is 19.9 Å². The number of hydrogen-bond donors (Lipinski definition) is 1. The van der Waals surface area contributed by atoms with Crippen LogP contribution in [0.4, 0.5) is 21.0 Å². The highest BCUT2D eigenvalue weighted by molar-refractivity contribution is 7.80. The average Bonchev–Trinajstić information content (AvgIpc) is 3.17. The zero-order valence-corrected chi connectivity index (χ0v) is 18.8. The van der Waals surface area contributed by atoms with E-state index in [-0.39, 0.29) is 18.8 Å². The Morgan fingerprint density at radius 3 is 2.78 bits per heavy atom. The summed E-state index contributed by atoms with van der Waals surface area (Å²) < 4.78 is 16.8. The van der Waals surface area contributed by atoms with E-state index < -0.39 is 12.2 Å². The largest absolute Gasteiger partial charge is 0.489 e. The van der Waals surface area contributed by atoms with Crippen LogP contribution in [-0.2, 0) is 16.1 Å². The van der Waals surface area contributed by atoms with Gasteiger partial charge in [0.25, 0.3) is 0 Å². The topological polar surface area (TPSA) is 80.3 Å². The number of carbonyl (C=O) groups excluding carboxylic acids is 2. The van der Waals surface area contributed by atoms with Crippen molar-refractivity contribution < 1.29 is 23.8 Å². The third kappa shape index (κ3) is 4.77. The number of anilines is 2. The first-order chi connectivity index (χ1) is 15.4. The molecule has 0 radical (unpaired) electrons. The first-order valence-corrected chi connectivity index (χ1v) is 10.8. The third-order valence-corrected chi connectivity index (χ3v) is 5.43. The Morgan fingerprint density at radius 2 is 2.03 bits per heavy atom. The summed E-state index contributed by atoms with van der Waals surface area (Å²) in [4.78, 5) is 29.0. The van der Waals surface area contributed by atoms with Gasteiger partial charge in [-0.15, -0.1) is 0 Å². The van der Waals surface area contributed by atoms with Crippen molar-refractivity contribution in [3.05, 3.63) is 54.1 Å². The van der Waals surface area contributed by atoms with Crippen LogP contribution in [0.25, 0.3) is 0 Å². The molecular weight excluding hydrogens is 430 g/mol. The van der Waals surface area contributed by atoms with Gasteiger partial charge in [-0.3, -0.25) is 9.80 Å². The Bertz CT molecular complexity index is 1020. The number of rotatable bonds is 5. The van der Waals surface area contributed by atoms with E-state index in [1.807, 2.05) is 37.3 Å². The van der Waals surface area contributed by atoms with E-state index in [4.69, 9.17) is 26.4 Å². The molecule has 0 saturated carbocycles. The molecule has 8 nitrogen and oxygen atoms in total. The first-order valence-electron chi connectivity index (χ1n) is 10.4. The first kappa shape index (κ1) is 21.9. The predicted molar refractivity (Wildman–Crippen MR) is 124 cm³/mol. The number of cyclic esters (lactones) is 1. The minimum absolute atomic E-state index is 0.188. The fraction of sp³-hybridized carbons (Fsp3) is 0.348. The molecule has 2 aliphatic heterocycles. The van der Waals surface area contributed by atoms with Crippen molar-refractivity contribution in [2.45, 2.75) is 32.6 Å². The van der Waals surface area contributed by atoms with Crippen LogP contribution in [-0.4, -0.2) is 49.0 Å². The van der Waals surface area contributed by atoms with Gasteiger partial charge in [0.1, 0.15) is 25.1 Å². The van der Waals surface area contributed by atoms with Gasteiger partial charge < -0.3 is 19.5 Å². The van der Waals surface area contributed by atoms with Crippen LogP contribution in [0.5, 0.6) is 5.75 Å². The number of carbonyl (C=O) groups is 2. The van der Waals surface area contributed by atoms with E-state index in [0.29, 0.717) is 41.8 Å². The molecule has 4 rings (SSSR count). The van der Waals surface area contributed by atoms with Crippen molar-refractivity contribution in [1.29, 1.82) is 0 Å². The molecule has 168 valence electrons. The lowest BCUT2D eigenvalue weighted by Crippen LogP contribution is -2.45. The number of ether oxygens (including phenoxy) is 3. The summed E-state index contributed by atoms with van der Waals surface area (Å²) in [6.45, 7) is 5.04. The summed E-state index contributed by atoms with van der Waals surface area (Å²) in [7, 11) is 0. The zero-order valence-electron chi connectivity index (χ0n) is 17.9. The van der Waals surface area contributed by atoms with Gasteiger partial charge in [-0.05, 0) is 31.5 Å². The van der Waals surface area contributed by atoms with Crippen LogP contribution in [0.15, 0.2) is 48.5 Å². The Balaban J connectivity index is 1.47. The second-order valence-corrected chi connectivity index (χ2v) is 8.39. The molecule has 1 N–H and O–H groups in total. The maximum atomic E-state index is 12.9. The summed E-state index contributed by atoms with van der Waals surface area (Å²) in [5.74, 6) is 0.515. The van der Waals surface area contributed by atoms with Crippen molar-refractivity contribution in [1.82, 2.24) is 5.32 Å². The lowest BCUT2D eigenvalue weighted by atomic mass is 10.1. The molecule has 0 aliphatic carbocycles. The number of hydrogen-bond acceptors (Lipinski definition) is 6. The van der Waals surface area contributed by atoms with Gasteiger partial charge in [0.2, 0.25) is 0 Å². The van der Waals surface area contributed by atoms with Crippen LogP contribution in [0.2, 0.25) is 0 Å². The molecule has 0 aromatic heterocycles. The van der Waals surface area contributed by atoms with Gasteiger partial charge in [-0.2, -0.15) is 0 Å². The number of amides is 2. The van der Waals surface area contributed by atoms with Crippen LogP contribution in [0.1, 0.15) is 19.4 Å². The Kier molecular flexibility index (Phi) is 6.45. The molecule has 2 atom stereocenters. The quantitative estimate of drug-likeness (QED) is 0.686. The number of nitrogens with one attached hydrogen (secondary N) is 1. The lowest BCUT2D eigenvalue weighted by molar-refractivity contribution is 0.139. The number of fused-ring (bicyclic) bond motifs is 1. The molecule has 2 aliphatic rings. The molecule has 1 saturated heterocycles. The molecule has 32 heavy (non-hydrogen) atoms. The zero-order chi connectivity index (χ0) is 22.7. The number of thiocarbonyl (C=S) groups is 1. The number of benzene rings is 2. The van der Waals surface area contributed by atoms with E-state index in [2.05, 4.69) is 5.32 Å². The number of nitrogens with zero attached hydrogens (tertiary/aromatic N) is 2. The molecule has 0 bridgehead atoms. The molecule has 2 aromatic carbocycles. The average molecular weight is 456 g/mol. The van der Waals surface area contributed by atoms with Crippen LogP contribution in [0.3, 0.4) is 0 Å². The van der Waals surface area contributed by atoms with E-state index in [1.165, 1.54) is 0 Å². The van der Waals surface area contributed by atoms with Crippen molar-refractivity contribution in [2.24, 2.45) is 0 Å². The van der Waals surface area contributed by atoms with Crippen molar-refractivity contribution in [2.75, 3.05) is 29.5 Å². The smallest absolute Gasteiger partial charge is 0.415 e. The minimum atomic E-state index is -0.444. The highest BCUT2D eigenvalue weighted by Gasteiger charge is 2.35. The Morgan fingerprint density at radius 1 is 1.25 bits per heavy atom. The fourth-order valence-electron chi connectivity index (χ4n) is 3.67. The highest BCUT2D eigenvalue weighted by atomic mass is 32.1. The highest BCUT2D eigenvalue weighted by Crippen LogP contribution is 2.38. The van der Waals surface area contributed by atoms with E-state index in [1.54, 1.807) is 34.9 Å². The van der Waals surface area contributed by atoms with Crippen molar-refractivity contribution >= 4 is 40.8 Å². The lowest BCUT2D eigenvalue weighted by Gasteiger charge is -2.34. The van der Waals surface area contributed by atoms with Crippen molar-refractivity contribution in [3.8, 4) is 5.75 Å². The summed E-state index contributed by atoms with van der Waals surface area (Å²) in [5, 5.41) is 3.02.